The number of aromatic nitrogens is 1. The van der Waals surface area contributed by atoms with E-state index >= 15 is 0 Å². The van der Waals surface area contributed by atoms with Crippen LogP contribution >= 0.6 is 0 Å². The second-order valence-electron chi connectivity index (χ2n) is 2.34. The minimum absolute atomic E-state index is 0.656. The third-order valence-corrected chi connectivity index (χ3v) is 1.62. The molecule has 10 heavy (non-hydrogen) atoms. The molecule has 0 amide bonds. The summed E-state index contributed by atoms with van der Waals surface area (Å²) in [6.07, 6.45) is 1.63. The van der Waals surface area contributed by atoms with Gasteiger partial charge in [-0.3, -0.25) is 4.98 Å². The summed E-state index contributed by atoms with van der Waals surface area (Å²) in [5.74, 6) is 0. The lowest BCUT2D eigenvalue weighted by atomic mass is 10.2. The predicted molar refractivity (Wildman–Crippen MR) is 42.5 cm³/mol. The van der Waals surface area contributed by atoms with Crippen LogP contribution in [0.4, 0.5) is 11.4 Å². The fourth-order valence-corrected chi connectivity index (χ4v) is 0.760. The van der Waals surface area contributed by atoms with Gasteiger partial charge in [0.05, 0.1) is 23.3 Å². The summed E-state index contributed by atoms with van der Waals surface area (Å²) in [5, 5.41) is 0. The average Bonchev–Trinajstić information content (AvgIpc) is 1.93. The number of rotatable bonds is 0. The zero-order chi connectivity index (χ0) is 7.72. The molecule has 4 N–H and O–H groups in total. The van der Waals surface area contributed by atoms with Crippen molar-refractivity contribution >= 4 is 11.4 Å². The van der Waals surface area contributed by atoms with E-state index in [1.807, 2.05) is 13.8 Å². The Labute approximate surface area is 60.1 Å². The highest BCUT2D eigenvalue weighted by molar-refractivity contribution is 5.61. The molecule has 0 aliphatic carbocycles. The Hall–Kier alpha value is -1.25. The van der Waals surface area contributed by atoms with Gasteiger partial charge in [-0.2, -0.15) is 0 Å². The van der Waals surface area contributed by atoms with Gasteiger partial charge >= 0.3 is 0 Å². The van der Waals surface area contributed by atoms with Gasteiger partial charge in [0.2, 0.25) is 0 Å². The number of nitrogens with two attached hydrogens (primary N) is 2. The van der Waals surface area contributed by atoms with Crippen LogP contribution < -0.4 is 11.5 Å². The van der Waals surface area contributed by atoms with Crippen LogP contribution in [0.5, 0.6) is 0 Å². The molecule has 0 atom stereocenters. The first-order chi connectivity index (χ1) is 4.63. The van der Waals surface area contributed by atoms with Gasteiger partial charge in [-0.25, -0.2) is 0 Å². The fraction of sp³-hybridized carbons (Fsp3) is 0.286. The van der Waals surface area contributed by atoms with Gasteiger partial charge in [0.1, 0.15) is 0 Å². The Morgan fingerprint density at radius 1 is 1.30 bits per heavy atom. The second kappa shape index (κ2) is 2.17. The van der Waals surface area contributed by atoms with Crippen LogP contribution in [0.25, 0.3) is 0 Å². The Kier molecular flexibility index (Phi) is 1.49. The van der Waals surface area contributed by atoms with Crippen molar-refractivity contribution < 1.29 is 0 Å². The summed E-state index contributed by atoms with van der Waals surface area (Å²) in [7, 11) is 0. The van der Waals surface area contributed by atoms with E-state index < -0.39 is 0 Å². The third-order valence-electron chi connectivity index (χ3n) is 1.62. The summed E-state index contributed by atoms with van der Waals surface area (Å²) in [4.78, 5) is 3.99. The normalized spacial score (nSPS) is 9.80. The van der Waals surface area contributed by atoms with Crippen molar-refractivity contribution in [1.29, 1.82) is 0 Å². The van der Waals surface area contributed by atoms with Crippen molar-refractivity contribution in [2.75, 3.05) is 11.5 Å². The zero-order valence-electron chi connectivity index (χ0n) is 6.18. The lowest BCUT2D eigenvalue weighted by molar-refractivity contribution is 1.19. The number of aryl methyl sites for hydroxylation is 1. The molecule has 3 nitrogen and oxygen atoms in total. The molecule has 0 unspecified atom stereocenters. The maximum Gasteiger partial charge on any atom is 0.0606 e. The number of nitrogen functional groups attached to an aromatic ring is 2. The predicted octanol–water partition coefficient (Wildman–Crippen LogP) is 0.863. The molecule has 1 rings (SSSR count). The molecule has 1 aromatic heterocycles. The van der Waals surface area contributed by atoms with E-state index in [4.69, 9.17) is 11.5 Å². The van der Waals surface area contributed by atoms with E-state index in [1.54, 1.807) is 6.20 Å². The third kappa shape index (κ3) is 0.900. The molecule has 3 heteroatoms. The molecule has 0 aromatic carbocycles. The molecule has 0 radical (unpaired) electrons. The lowest BCUT2D eigenvalue weighted by Crippen LogP contribution is -2.00. The average molecular weight is 137 g/mol. The van der Waals surface area contributed by atoms with Crippen molar-refractivity contribution in [3.63, 3.8) is 0 Å². The molecule has 1 heterocycles. The molecule has 0 saturated carbocycles. The van der Waals surface area contributed by atoms with Crippen LogP contribution in [0.1, 0.15) is 11.3 Å². The fourth-order valence-electron chi connectivity index (χ4n) is 0.760. The maximum atomic E-state index is 5.64. The Balaban J connectivity index is 3.34. The monoisotopic (exact) mass is 137 g/mol. The largest absolute Gasteiger partial charge is 0.397 e. The highest BCUT2D eigenvalue weighted by Gasteiger charge is 2.00. The first-order valence-electron chi connectivity index (χ1n) is 3.10. The van der Waals surface area contributed by atoms with Crippen molar-refractivity contribution in [1.82, 2.24) is 4.98 Å². The van der Waals surface area contributed by atoms with Gasteiger partial charge in [-0.15, -0.1) is 0 Å². The second-order valence-corrected chi connectivity index (χ2v) is 2.34. The zero-order valence-corrected chi connectivity index (χ0v) is 6.18. The van der Waals surface area contributed by atoms with Gasteiger partial charge < -0.3 is 11.5 Å². The molecular weight excluding hydrogens is 126 g/mol. The smallest absolute Gasteiger partial charge is 0.0606 e. The van der Waals surface area contributed by atoms with Crippen molar-refractivity contribution in [3.05, 3.63) is 17.5 Å². The van der Waals surface area contributed by atoms with Crippen LogP contribution in [-0.4, -0.2) is 4.98 Å². The van der Waals surface area contributed by atoms with Gasteiger partial charge in [-0.05, 0) is 19.4 Å². The number of hydrogen-bond donors (Lipinski definition) is 2. The summed E-state index contributed by atoms with van der Waals surface area (Å²) in [6, 6.07) is 0. The van der Waals surface area contributed by atoms with Crippen LogP contribution in [0.3, 0.4) is 0 Å². The SMILES string of the molecule is Cc1ncc(N)c(C)c1N. The quantitative estimate of drug-likeness (QED) is 0.557. The van der Waals surface area contributed by atoms with Crippen LogP contribution in [0, 0.1) is 13.8 Å². The molecular formula is C7H11N3. The molecule has 0 aliphatic rings. The summed E-state index contributed by atoms with van der Waals surface area (Å²) in [6.45, 7) is 3.75. The standard InChI is InChI=1S/C7H11N3/c1-4-6(8)3-10-5(2)7(4)9/h3H,8-9H2,1-2H3. The molecule has 54 valence electrons. The van der Waals surface area contributed by atoms with E-state index in [2.05, 4.69) is 4.98 Å². The van der Waals surface area contributed by atoms with Crippen molar-refractivity contribution in [2.24, 2.45) is 0 Å². The topological polar surface area (TPSA) is 64.9 Å². The number of anilines is 2. The van der Waals surface area contributed by atoms with Gasteiger partial charge in [-0.1, -0.05) is 0 Å². The molecule has 0 spiro atoms. The van der Waals surface area contributed by atoms with Gasteiger partial charge in [0.15, 0.2) is 0 Å². The summed E-state index contributed by atoms with van der Waals surface area (Å²) in [5.41, 5.74) is 14.3. The van der Waals surface area contributed by atoms with Crippen LogP contribution in [-0.2, 0) is 0 Å². The van der Waals surface area contributed by atoms with Crippen molar-refractivity contribution in [3.8, 4) is 0 Å². The molecule has 0 aliphatic heterocycles. The van der Waals surface area contributed by atoms with E-state index in [0.717, 1.165) is 11.3 Å². The van der Waals surface area contributed by atoms with Crippen LogP contribution in [0.2, 0.25) is 0 Å². The first kappa shape index (κ1) is 6.86. The molecule has 0 bridgehead atoms. The summed E-state index contributed by atoms with van der Waals surface area (Å²) < 4.78 is 0. The molecule has 1 aromatic rings. The first-order valence-corrected chi connectivity index (χ1v) is 3.10. The molecule has 0 saturated heterocycles. The minimum Gasteiger partial charge on any atom is -0.397 e. The highest BCUT2D eigenvalue weighted by atomic mass is 14.8. The van der Waals surface area contributed by atoms with Gasteiger partial charge in [0, 0.05) is 0 Å². The lowest BCUT2D eigenvalue weighted by Gasteiger charge is -2.04. The van der Waals surface area contributed by atoms with Crippen LogP contribution in [0.15, 0.2) is 6.20 Å². The van der Waals surface area contributed by atoms with E-state index in [1.165, 1.54) is 0 Å². The minimum atomic E-state index is 0.656. The maximum absolute atomic E-state index is 5.64. The Bertz CT molecular complexity index is 228. The van der Waals surface area contributed by atoms with E-state index in [-0.39, 0.29) is 0 Å². The number of hydrogen-bond acceptors (Lipinski definition) is 3. The Morgan fingerprint density at radius 2 is 1.90 bits per heavy atom. The number of nitrogens with zero attached hydrogens (tertiary/aromatic N) is 1. The Morgan fingerprint density at radius 3 is 2.40 bits per heavy atom. The van der Waals surface area contributed by atoms with Gasteiger partial charge in [0.25, 0.3) is 0 Å². The summed E-state index contributed by atoms with van der Waals surface area (Å²) >= 11 is 0. The van der Waals surface area contributed by atoms with E-state index in [9.17, 15) is 0 Å². The van der Waals surface area contributed by atoms with Crippen molar-refractivity contribution in [2.45, 2.75) is 13.8 Å². The molecule has 0 fully saturated rings. The number of pyridine rings is 1. The highest BCUT2D eigenvalue weighted by Crippen LogP contribution is 2.18. The van der Waals surface area contributed by atoms with E-state index in [0.29, 0.717) is 11.4 Å².